The minimum atomic E-state index is -1.32. The summed E-state index contributed by atoms with van der Waals surface area (Å²) >= 11 is 1.77. The van der Waals surface area contributed by atoms with Crippen LogP contribution >= 0.6 is 11.8 Å². The molecule has 0 amide bonds. The molecule has 0 fully saturated rings. The molecule has 0 aliphatic heterocycles. The molecule has 0 aromatic heterocycles. The van der Waals surface area contributed by atoms with Crippen LogP contribution in [0.15, 0.2) is 89.8 Å². The molecule has 140 valence electrons. The van der Waals surface area contributed by atoms with Crippen LogP contribution in [-0.4, -0.2) is 10.5 Å². The fourth-order valence-corrected chi connectivity index (χ4v) is 5.59. The van der Waals surface area contributed by atoms with Crippen molar-refractivity contribution in [2.24, 2.45) is 0 Å². The van der Waals surface area contributed by atoms with Gasteiger partial charge in [-0.2, -0.15) is 11.8 Å². The normalized spacial score (nSPS) is 15.7. The van der Waals surface area contributed by atoms with E-state index in [1.165, 1.54) is 5.56 Å². The molecule has 27 heavy (non-hydrogen) atoms. The van der Waals surface area contributed by atoms with Crippen molar-refractivity contribution < 1.29 is 4.21 Å². The summed E-state index contributed by atoms with van der Waals surface area (Å²) < 4.78 is 16.6. The predicted molar refractivity (Wildman–Crippen MR) is 117 cm³/mol. The summed E-state index contributed by atoms with van der Waals surface area (Å²) in [6.45, 7) is 4.18. The number of hydrogen-bond acceptors (Lipinski definition) is 2. The molecule has 2 nitrogen and oxygen atoms in total. The molecule has 0 heterocycles. The van der Waals surface area contributed by atoms with Crippen LogP contribution in [0.1, 0.15) is 28.9 Å². The van der Waals surface area contributed by atoms with E-state index in [4.69, 9.17) is 0 Å². The fraction of sp³-hybridized carbons (Fsp3) is 0.217. The van der Waals surface area contributed by atoms with Crippen molar-refractivity contribution in [1.82, 2.24) is 4.72 Å². The minimum Gasteiger partial charge on any atom is -0.237 e. The van der Waals surface area contributed by atoms with Crippen LogP contribution in [0.4, 0.5) is 0 Å². The van der Waals surface area contributed by atoms with E-state index >= 15 is 0 Å². The summed E-state index contributed by atoms with van der Waals surface area (Å²) in [4.78, 5) is 0.788. The number of aryl methyl sites for hydroxylation is 1. The standard InChI is InChI=1S/C23H25NOS2/c1-18-14-16-21(17-15-18)27(25)24-23(2,20-12-8-5-9-13-20)22(26-3)19-10-6-4-7-11-19/h4-17,22,24H,1-3H3/t22-,23-,27+/m1/s1. The van der Waals surface area contributed by atoms with Crippen molar-refractivity contribution in [3.63, 3.8) is 0 Å². The second-order valence-corrected chi connectivity index (χ2v) is 8.93. The largest absolute Gasteiger partial charge is 0.237 e. The lowest BCUT2D eigenvalue weighted by atomic mass is 9.86. The third-order valence-electron chi connectivity index (χ3n) is 4.78. The Labute approximate surface area is 169 Å². The van der Waals surface area contributed by atoms with Crippen molar-refractivity contribution in [3.8, 4) is 0 Å². The maximum atomic E-state index is 13.2. The van der Waals surface area contributed by atoms with Gasteiger partial charge in [-0.05, 0) is 43.4 Å². The zero-order chi connectivity index (χ0) is 19.3. The SMILES string of the molecule is CS[C@H](c1ccccc1)[C@](C)(N[S@@](=O)c1ccc(C)cc1)c1ccccc1. The van der Waals surface area contributed by atoms with E-state index in [9.17, 15) is 4.21 Å². The highest BCUT2D eigenvalue weighted by Crippen LogP contribution is 2.44. The van der Waals surface area contributed by atoms with E-state index in [0.717, 1.165) is 16.0 Å². The topological polar surface area (TPSA) is 29.1 Å². The van der Waals surface area contributed by atoms with Crippen molar-refractivity contribution in [2.75, 3.05) is 6.26 Å². The Morgan fingerprint density at radius 1 is 0.889 bits per heavy atom. The van der Waals surface area contributed by atoms with Crippen LogP contribution < -0.4 is 4.72 Å². The molecule has 4 heteroatoms. The first-order valence-corrected chi connectivity index (χ1v) is 11.4. The molecule has 3 atom stereocenters. The highest BCUT2D eigenvalue weighted by molar-refractivity contribution is 7.98. The van der Waals surface area contributed by atoms with E-state index in [2.05, 4.69) is 54.3 Å². The second kappa shape index (κ2) is 8.87. The maximum absolute atomic E-state index is 13.2. The van der Waals surface area contributed by atoms with Gasteiger partial charge in [0.2, 0.25) is 0 Å². The van der Waals surface area contributed by atoms with Crippen LogP contribution in [0, 0.1) is 6.92 Å². The van der Waals surface area contributed by atoms with Gasteiger partial charge in [-0.15, -0.1) is 0 Å². The van der Waals surface area contributed by atoms with Gasteiger partial charge in [0.05, 0.1) is 15.7 Å². The first kappa shape index (κ1) is 19.9. The Morgan fingerprint density at radius 3 is 2.00 bits per heavy atom. The monoisotopic (exact) mass is 395 g/mol. The first-order valence-electron chi connectivity index (χ1n) is 8.94. The molecule has 0 spiro atoms. The van der Waals surface area contributed by atoms with E-state index in [0.29, 0.717) is 0 Å². The Bertz CT molecular complexity index is 881. The third-order valence-corrected chi connectivity index (χ3v) is 7.30. The molecule has 0 bridgehead atoms. The lowest BCUT2D eigenvalue weighted by Gasteiger charge is -2.38. The molecular weight excluding hydrogens is 370 g/mol. The van der Waals surface area contributed by atoms with E-state index in [-0.39, 0.29) is 5.25 Å². The maximum Gasteiger partial charge on any atom is 0.125 e. The second-order valence-electron chi connectivity index (χ2n) is 6.78. The molecule has 1 N–H and O–H groups in total. The molecule has 0 aliphatic rings. The van der Waals surface area contributed by atoms with Gasteiger partial charge >= 0.3 is 0 Å². The van der Waals surface area contributed by atoms with E-state index in [1.54, 1.807) is 11.8 Å². The number of benzene rings is 3. The summed E-state index contributed by atoms with van der Waals surface area (Å²) in [6, 6.07) is 28.6. The molecule has 0 unspecified atom stereocenters. The van der Waals surface area contributed by atoms with Crippen LogP contribution in [0.2, 0.25) is 0 Å². The Hall–Kier alpha value is -1.88. The number of rotatable bonds is 7. The van der Waals surface area contributed by atoms with Gasteiger partial charge in [0, 0.05) is 0 Å². The number of nitrogens with one attached hydrogen (secondary N) is 1. The summed E-state index contributed by atoms with van der Waals surface area (Å²) in [5.74, 6) is 0. The van der Waals surface area contributed by atoms with Crippen LogP contribution in [0.25, 0.3) is 0 Å². The first-order chi connectivity index (χ1) is 13.0. The molecule has 3 aromatic carbocycles. The average molecular weight is 396 g/mol. The average Bonchev–Trinajstić information content (AvgIpc) is 2.70. The van der Waals surface area contributed by atoms with Crippen molar-refractivity contribution in [3.05, 3.63) is 102 Å². The van der Waals surface area contributed by atoms with Crippen molar-refractivity contribution in [2.45, 2.75) is 29.5 Å². The summed E-state index contributed by atoms with van der Waals surface area (Å²) in [5.41, 5.74) is 2.99. The third kappa shape index (κ3) is 4.52. The van der Waals surface area contributed by atoms with Gasteiger partial charge in [0.1, 0.15) is 11.0 Å². The highest BCUT2D eigenvalue weighted by atomic mass is 32.2. The lowest BCUT2D eigenvalue weighted by molar-refractivity contribution is 0.434. The van der Waals surface area contributed by atoms with Gasteiger partial charge in [-0.1, -0.05) is 78.4 Å². The van der Waals surface area contributed by atoms with E-state index in [1.807, 2.05) is 55.5 Å². The van der Waals surface area contributed by atoms with Gasteiger partial charge in [-0.25, -0.2) is 8.93 Å². The summed E-state index contributed by atoms with van der Waals surface area (Å²) in [7, 11) is -1.32. The predicted octanol–water partition coefficient (Wildman–Crippen LogP) is 5.63. The molecule has 0 radical (unpaired) electrons. The molecule has 0 saturated heterocycles. The zero-order valence-corrected chi connectivity index (χ0v) is 17.5. The Balaban J connectivity index is 2.02. The van der Waals surface area contributed by atoms with Gasteiger partial charge in [0.15, 0.2) is 0 Å². The minimum absolute atomic E-state index is 0.107. The smallest absolute Gasteiger partial charge is 0.125 e. The Kier molecular flexibility index (Phi) is 6.53. The molecular formula is C23H25NOS2. The van der Waals surface area contributed by atoms with Crippen LogP contribution in [0.5, 0.6) is 0 Å². The molecule has 0 saturated carbocycles. The highest BCUT2D eigenvalue weighted by Gasteiger charge is 2.38. The van der Waals surface area contributed by atoms with E-state index < -0.39 is 16.5 Å². The quantitative estimate of drug-likeness (QED) is 0.562. The van der Waals surface area contributed by atoms with Gasteiger partial charge in [0.25, 0.3) is 0 Å². The van der Waals surface area contributed by atoms with Crippen LogP contribution in [0.3, 0.4) is 0 Å². The van der Waals surface area contributed by atoms with Crippen molar-refractivity contribution in [1.29, 1.82) is 0 Å². The molecule has 0 aliphatic carbocycles. The number of thioether (sulfide) groups is 1. The van der Waals surface area contributed by atoms with Gasteiger partial charge < -0.3 is 0 Å². The van der Waals surface area contributed by atoms with Gasteiger partial charge in [-0.3, -0.25) is 0 Å². The van der Waals surface area contributed by atoms with Crippen molar-refractivity contribution >= 4 is 22.7 Å². The fourth-order valence-electron chi connectivity index (χ4n) is 3.29. The molecule has 3 rings (SSSR count). The van der Waals surface area contributed by atoms with Crippen LogP contribution in [-0.2, 0) is 16.5 Å². The Morgan fingerprint density at radius 2 is 1.44 bits per heavy atom. The molecule has 3 aromatic rings. The lowest BCUT2D eigenvalue weighted by Crippen LogP contribution is -2.44. The summed E-state index contributed by atoms with van der Waals surface area (Å²) in [5, 5.41) is 0.107. The summed E-state index contributed by atoms with van der Waals surface area (Å²) in [6.07, 6.45) is 2.11. The zero-order valence-electron chi connectivity index (χ0n) is 15.9. The number of hydrogen-bond donors (Lipinski definition) is 1.